The summed E-state index contributed by atoms with van der Waals surface area (Å²) in [4.78, 5) is 12.8. The second-order valence-electron chi connectivity index (χ2n) is 6.10. The van der Waals surface area contributed by atoms with Crippen molar-refractivity contribution in [3.05, 3.63) is 58.4 Å². The molecular weight excluding hydrogens is 339 g/mol. The molecule has 0 aliphatic carbocycles. The van der Waals surface area contributed by atoms with Crippen LogP contribution >= 0.6 is 0 Å². The number of esters is 1. The molecule has 0 fully saturated rings. The molecule has 0 amide bonds. The fraction of sp³-hybridized carbons (Fsp3) is 0.350. The third-order valence-electron chi connectivity index (χ3n) is 4.30. The molecule has 1 unspecified atom stereocenters. The van der Waals surface area contributed by atoms with Crippen molar-refractivity contribution in [2.45, 2.75) is 39.6 Å². The summed E-state index contributed by atoms with van der Waals surface area (Å²) in [7, 11) is 0. The maximum absolute atomic E-state index is 14.7. The number of benzene rings is 2. The van der Waals surface area contributed by atoms with Gasteiger partial charge in [0.25, 0.3) is 0 Å². The summed E-state index contributed by atoms with van der Waals surface area (Å²) in [5.41, 5.74) is 0.488. The highest BCUT2D eigenvalue weighted by Crippen LogP contribution is 2.42. The fourth-order valence-electron chi connectivity index (χ4n) is 2.91. The Morgan fingerprint density at radius 3 is 2.77 bits per heavy atom. The number of aliphatic hydroxyl groups excluding tert-OH is 1. The zero-order valence-corrected chi connectivity index (χ0v) is 14.8. The average Bonchev–Trinajstić information content (AvgIpc) is 3.02. The average molecular weight is 360 g/mol. The van der Waals surface area contributed by atoms with Crippen LogP contribution in [0, 0.1) is 12.7 Å². The molecule has 2 aromatic rings. The van der Waals surface area contributed by atoms with Gasteiger partial charge in [-0.3, -0.25) is 0 Å². The maximum atomic E-state index is 14.7. The summed E-state index contributed by atoms with van der Waals surface area (Å²) < 4.78 is 31.0. The lowest BCUT2D eigenvalue weighted by atomic mass is 9.97. The number of carbonyl (C=O) groups excluding carboxylic acids is 1. The minimum atomic E-state index is -1.33. The Kier molecular flexibility index (Phi) is 5.54. The third kappa shape index (κ3) is 3.43. The molecule has 2 aromatic carbocycles. The van der Waals surface area contributed by atoms with E-state index in [4.69, 9.17) is 14.2 Å². The molecule has 1 atom stereocenters. The standard InChI is InChI=1S/C20H21FO5/c1-3-4-10-24-18-15(20(23)26-13-8-6-5-7-9-13)12(2)17(21)14-11-25-19(22)16(14)18/h5-9,19,22H,3-4,10-11H2,1-2H3. The largest absolute Gasteiger partial charge is 0.492 e. The van der Waals surface area contributed by atoms with E-state index in [2.05, 4.69) is 0 Å². The quantitative estimate of drug-likeness (QED) is 0.478. The van der Waals surface area contributed by atoms with Crippen molar-refractivity contribution in [3.63, 3.8) is 0 Å². The predicted molar refractivity (Wildman–Crippen MR) is 92.7 cm³/mol. The van der Waals surface area contributed by atoms with E-state index in [0.29, 0.717) is 12.4 Å². The van der Waals surface area contributed by atoms with Crippen molar-refractivity contribution >= 4 is 5.97 Å². The van der Waals surface area contributed by atoms with Gasteiger partial charge >= 0.3 is 5.97 Å². The number of ether oxygens (including phenoxy) is 3. The number of hydrogen-bond acceptors (Lipinski definition) is 5. The minimum Gasteiger partial charge on any atom is -0.492 e. The molecule has 1 N–H and O–H groups in total. The van der Waals surface area contributed by atoms with Gasteiger partial charge in [-0.25, -0.2) is 9.18 Å². The first-order valence-electron chi connectivity index (χ1n) is 8.59. The fourth-order valence-corrected chi connectivity index (χ4v) is 2.91. The molecule has 0 radical (unpaired) electrons. The van der Waals surface area contributed by atoms with E-state index in [1.54, 1.807) is 30.3 Å². The van der Waals surface area contributed by atoms with Crippen LogP contribution in [0.2, 0.25) is 0 Å². The maximum Gasteiger partial charge on any atom is 0.347 e. The van der Waals surface area contributed by atoms with Crippen molar-refractivity contribution in [1.82, 2.24) is 0 Å². The van der Waals surface area contributed by atoms with Gasteiger partial charge in [-0.05, 0) is 25.5 Å². The molecule has 5 nitrogen and oxygen atoms in total. The van der Waals surface area contributed by atoms with Crippen molar-refractivity contribution in [1.29, 1.82) is 0 Å². The van der Waals surface area contributed by atoms with E-state index in [9.17, 15) is 14.3 Å². The lowest BCUT2D eigenvalue weighted by Gasteiger charge is -2.19. The van der Waals surface area contributed by atoms with Crippen LogP contribution in [0.4, 0.5) is 4.39 Å². The molecule has 0 spiro atoms. The van der Waals surface area contributed by atoms with Gasteiger partial charge in [0.05, 0.1) is 18.8 Å². The normalized spacial score (nSPS) is 15.6. The topological polar surface area (TPSA) is 65.0 Å². The first-order valence-corrected chi connectivity index (χ1v) is 8.59. The number of para-hydroxylation sites is 1. The molecule has 1 aliphatic rings. The zero-order valence-electron chi connectivity index (χ0n) is 14.8. The molecular formula is C20H21FO5. The van der Waals surface area contributed by atoms with Crippen LogP contribution < -0.4 is 9.47 Å². The minimum absolute atomic E-state index is 0.0224. The van der Waals surface area contributed by atoms with Gasteiger partial charge < -0.3 is 19.3 Å². The van der Waals surface area contributed by atoms with Gasteiger partial charge in [0.15, 0.2) is 6.29 Å². The Morgan fingerprint density at radius 2 is 2.08 bits per heavy atom. The smallest absolute Gasteiger partial charge is 0.347 e. The highest BCUT2D eigenvalue weighted by Gasteiger charge is 2.35. The van der Waals surface area contributed by atoms with Gasteiger partial charge in [-0.15, -0.1) is 0 Å². The van der Waals surface area contributed by atoms with Crippen LogP contribution in [0.25, 0.3) is 0 Å². The molecule has 138 valence electrons. The van der Waals surface area contributed by atoms with Crippen molar-refractivity contribution in [3.8, 4) is 11.5 Å². The van der Waals surface area contributed by atoms with E-state index >= 15 is 0 Å². The van der Waals surface area contributed by atoms with Crippen LogP contribution in [0.3, 0.4) is 0 Å². The Labute approximate surface area is 151 Å². The number of fused-ring (bicyclic) bond motifs is 1. The molecule has 0 bridgehead atoms. The number of halogens is 1. The first-order chi connectivity index (χ1) is 12.5. The summed E-state index contributed by atoms with van der Waals surface area (Å²) >= 11 is 0. The molecule has 26 heavy (non-hydrogen) atoms. The molecule has 0 aromatic heterocycles. The second kappa shape index (κ2) is 7.85. The summed E-state index contributed by atoms with van der Waals surface area (Å²) in [6.45, 7) is 3.77. The van der Waals surface area contributed by atoms with E-state index in [1.807, 2.05) is 6.92 Å². The van der Waals surface area contributed by atoms with E-state index in [1.165, 1.54) is 6.92 Å². The summed E-state index contributed by atoms with van der Waals surface area (Å²) in [6, 6.07) is 8.52. The molecule has 6 heteroatoms. The summed E-state index contributed by atoms with van der Waals surface area (Å²) in [5.74, 6) is -0.840. The van der Waals surface area contributed by atoms with Crippen molar-refractivity contribution < 1.29 is 28.5 Å². The molecule has 1 heterocycles. The summed E-state index contributed by atoms with van der Waals surface area (Å²) in [5, 5.41) is 10.1. The number of rotatable bonds is 6. The van der Waals surface area contributed by atoms with Crippen LogP contribution in [0.15, 0.2) is 30.3 Å². The van der Waals surface area contributed by atoms with Gasteiger partial charge in [-0.2, -0.15) is 0 Å². The molecule has 0 saturated carbocycles. The lowest BCUT2D eigenvalue weighted by Crippen LogP contribution is -2.17. The third-order valence-corrected chi connectivity index (χ3v) is 4.30. The second-order valence-corrected chi connectivity index (χ2v) is 6.10. The Bertz CT molecular complexity index is 804. The number of carbonyl (C=O) groups is 1. The van der Waals surface area contributed by atoms with Gasteiger partial charge in [0, 0.05) is 11.1 Å². The summed E-state index contributed by atoms with van der Waals surface area (Å²) in [6.07, 6.45) is 0.320. The van der Waals surface area contributed by atoms with E-state index < -0.39 is 18.1 Å². The Balaban J connectivity index is 2.06. The van der Waals surface area contributed by atoms with Gasteiger partial charge in [0.1, 0.15) is 22.9 Å². The lowest BCUT2D eigenvalue weighted by molar-refractivity contribution is -0.0928. The molecule has 0 saturated heterocycles. The van der Waals surface area contributed by atoms with Crippen LogP contribution in [0.1, 0.15) is 53.1 Å². The first kappa shape index (κ1) is 18.4. The van der Waals surface area contributed by atoms with Crippen molar-refractivity contribution in [2.75, 3.05) is 6.61 Å². The van der Waals surface area contributed by atoms with Crippen molar-refractivity contribution in [2.24, 2.45) is 0 Å². The number of hydrogen-bond donors (Lipinski definition) is 1. The van der Waals surface area contributed by atoms with Crippen LogP contribution in [0.5, 0.6) is 11.5 Å². The van der Waals surface area contributed by atoms with Crippen LogP contribution in [-0.2, 0) is 11.3 Å². The van der Waals surface area contributed by atoms with E-state index in [-0.39, 0.29) is 34.6 Å². The van der Waals surface area contributed by atoms with Gasteiger partial charge in [-0.1, -0.05) is 31.5 Å². The van der Waals surface area contributed by atoms with Gasteiger partial charge in [0.2, 0.25) is 0 Å². The zero-order chi connectivity index (χ0) is 18.7. The molecule has 1 aliphatic heterocycles. The SMILES string of the molecule is CCCCOc1c(C(=O)Oc2ccccc2)c(C)c(F)c2c1C(O)OC2. The van der Waals surface area contributed by atoms with Crippen LogP contribution in [-0.4, -0.2) is 17.7 Å². The van der Waals surface area contributed by atoms with E-state index in [0.717, 1.165) is 12.8 Å². The Hall–Kier alpha value is -2.44. The highest BCUT2D eigenvalue weighted by atomic mass is 19.1. The molecule has 3 rings (SSSR count). The highest BCUT2D eigenvalue weighted by molar-refractivity contribution is 5.96. The monoisotopic (exact) mass is 360 g/mol. The predicted octanol–water partition coefficient (Wildman–Crippen LogP) is 4.05. The Morgan fingerprint density at radius 1 is 1.35 bits per heavy atom. The number of aliphatic hydroxyl groups is 1. The number of unbranched alkanes of at least 4 members (excludes halogenated alkanes) is 1.